The molecule has 0 aliphatic heterocycles. The van der Waals surface area contributed by atoms with Gasteiger partial charge in [0.25, 0.3) is 0 Å². The molecule has 1 fully saturated rings. The van der Waals surface area contributed by atoms with E-state index in [4.69, 9.17) is 5.73 Å². The SMILES string of the molecule is NCC1(Cc2cccc(Br)c2)CCCCCCC1. The lowest BCUT2D eigenvalue weighted by Crippen LogP contribution is -2.33. The summed E-state index contributed by atoms with van der Waals surface area (Å²) in [5.41, 5.74) is 7.91. The van der Waals surface area contributed by atoms with Gasteiger partial charge in [-0.25, -0.2) is 0 Å². The molecular formula is C16H24BrN. The molecule has 0 heterocycles. The molecule has 1 aliphatic carbocycles. The Bertz CT molecular complexity index is 367. The minimum atomic E-state index is 0.348. The van der Waals surface area contributed by atoms with Crippen molar-refractivity contribution in [1.29, 1.82) is 0 Å². The summed E-state index contributed by atoms with van der Waals surface area (Å²) < 4.78 is 1.18. The van der Waals surface area contributed by atoms with Gasteiger partial charge in [0.1, 0.15) is 0 Å². The van der Waals surface area contributed by atoms with Crippen LogP contribution in [-0.4, -0.2) is 6.54 Å². The molecule has 0 amide bonds. The Morgan fingerprint density at radius 3 is 2.33 bits per heavy atom. The van der Waals surface area contributed by atoms with Crippen LogP contribution in [-0.2, 0) is 6.42 Å². The van der Waals surface area contributed by atoms with Crippen LogP contribution in [0.1, 0.15) is 50.5 Å². The van der Waals surface area contributed by atoms with Gasteiger partial charge in [0.05, 0.1) is 0 Å². The van der Waals surface area contributed by atoms with Gasteiger partial charge in [0.2, 0.25) is 0 Å². The third kappa shape index (κ3) is 3.83. The zero-order valence-electron chi connectivity index (χ0n) is 11.1. The Kier molecular flexibility index (Phi) is 5.25. The molecule has 2 N–H and O–H groups in total. The van der Waals surface area contributed by atoms with Crippen LogP contribution in [0.2, 0.25) is 0 Å². The van der Waals surface area contributed by atoms with E-state index in [1.165, 1.54) is 55.0 Å². The number of nitrogens with two attached hydrogens (primary N) is 1. The van der Waals surface area contributed by atoms with E-state index in [1.807, 2.05) is 0 Å². The van der Waals surface area contributed by atoms with Crippen LogP contribution in [0.5, 0.6) is 0 Å². The predicted octanol–water partition coefficient (Wildman–Crippen LogP) is 4.68. The molecule has 0 saturated heterocycles. The molecular weight excluding hydrogens is 286 g/mol. The summed E-state index contributed by atoms with van der Waals surface area (Å²) in [5.74, 6) is 0. The Balaban J connectivity index is 2.10. The van der Waals surface area contributed by atoms with Crippen molar-refractivity contribution < 1.29 is 0 Å². The smallest absolute Gasteiger partial charge is 0.0177 e. The van der Waals surface area contributed by atoms with Gasteiger partial charge in [-0.1, -0.05) is 60.2 Å². The maximum atomic E-state index is 6.13. The molecule has 0 unspecified atom stereocenters. The monoisotopic (exact) mass is 309 g/mol. The number of benzene rings is 1. The van der Waals surface area contributed by atoms with Crippen molar-refractivity contribution >= 4 is 15.9 Å². The van der Waals surface area contributed by atoms with Crippen LogP contribution in [0.25, 0.3) is 0 Å². The third-order valence-electron chi connectivity index (χ3n) is 4.32. The standard InChI is InChI=1S/C16H24BrN/c17-15-8-6-7-14(11-15)12-16(13-18)9-4-2-1-3-5-10-16/h6-8,11H,1-5,9-10,12-13,18H2. The van der Waals surface area contributed by atoms with Crippen molar-refractivity contribution in [2.24, 2.45) is 11.1 Å². The molecule has 2 heteroatoms. The number of rotatable bonds is 3. The maximum absolute atomic E-state index is 6.13. The van der Waals surface area contributed by atoms with Gasteiger partial charge in [-0.3, -0.25) is 0 Å². The van der Waals surface area contributed by atoms with Crippen molar-refractivity contribution in [3.8, 4) is 0 Å². The largest absolute Gasteiger partial charge is 0.330 e. The Morgan fingerprint density at radius 1 is 1.06 bits per heavy atom. The van der Waals surface area contributed by atoms with Crippen molar-refractivity contribution in [2.45, 2.75) is 51.4 Å². The first-order chi connectivity index (χ1) is 8.74. The zero-order chi connectivity index (χ0) is 12.8. The quantitative estimate of drug-likeness (QED) is 0.862. The first-order valence-electron chi connectivity index (χ1n) is 7.19. The molecule has 1 saturated carbocycles. The molecule has 2 rings (SSSR count). The van der Waals surface area contributed by atoms with Crippen molar-refractivity contribution in [3.63, 3.8) is 0 Å². The van der Waals surface area contributed by atoms with Gasteiger partial charge in [-0.15, -0.1) is 0 Å². The first kappa shape index (κ1) is 14.1. The first-order valence-corrected chi connectivity index (χ1v) is 7.98. The zero-order valence-corrected chi connectivity index (χ0v) is 12.7. The van der Waals surface area contributed by atoms with E-state index in [1.54, 1.807) is 0 Å². The van der Waals surface area contributed by atoms with Crippen molar-refractivity contribution in [1.82, 2.24) is 0 Å². The number of hydrogen-bond donors (Lipinski definition) is 1. The summed E-state index contributed by atoms with van der Waals surface area (Å²) in [6.45, 7) is 0.833. The molecule has 1 aromatic carbocycles. The summed E-state index contributed by atoms with van der Waals surface area (Å²) >= 11 is 3.56. The van der Waals surface area contributed by atoms with Gasteiger partial charge in [0, 0.05) is 4.47 Å². The minimum absolute atomic E-state index is 0.348. The second-order valence-electron chi connectivity index (χ2n) is 5.78. The maximum Gasteiger partial charge on any atom is 0.0177 e. The summed E-state index contributed by atoms with van der Waals surface area (Å²) in [6.07, 6.45) is 10.6. The highest BCUT2D eigenvalue weighted by Gasteiger charge is 2.28. The molecule has 100 valence electrons. The summed E-state index contributed by atoms with van der Waals surface area (Å²) in [4.78, 5) is 0. The highest BCUT2D eigenvalue weighted by molar-refractivity contribution is 9.10. The summed E-state index contributed by atoms with van der Waals surface area (Å²) in [6, 6.07) is 8.71. The average Bonchev–Trinajstić information content (AvgIpc) is 2.33. The van der Waals surface area contributed by atoms with E-state index in [0.29, 0.717) is 5.41 Å². The molecule has 1 aliphatic rings. The second-order valence-corrected chi connectivity index (χ2v) is 6.69. The minimum Gasteiger partial charge on any atom is -0.330 e. The van der Waals surface area contributed by atoms with Gasteiger partial charge < -0.3 is 5.73 Å². The van der Waals surface area contributed by atoms with E-state index >= 15 is 0 Å². The highest BCUT2D eigenvalue weighted by atomic mass is 79.9. The Hall–Kier alpha value is -0.340. The van der Waals surface area contributed by atoms with E-state index in [2.05, 4.69) is 40.2 Å². The summed E-state index contributed by atoms with van der Waals surface area (Å²) in [7, 11) is 0. The number of hydrogen-bond acceptors (Lipinski definition) is 1. The fourth-order valence-electron chi connectivity index (χ4n) is 3.19. The van der Waals surface area contributed by atoms with Crippen LogP contribution < -0.4 is 5.73 Å². The molecule has 0 spiro atoms. The van der Waals surface area contributed by atoms with Crippen molar-refractivity contribution in [2.75, 3.05) is 6.54 Å². The van der Waals surface area contributed by atoms with Crippen LogP contribution in [0.3, 0.4) is 0 Å². The predicted molar refractivity (Wildman–Crippen MR) is 81.7 cm³/mol. The molecule has 0 radical (unpaired) electrons. The molecule has 0 aromatic heterocycles. The topological polar surface area (TPSA) is 26.0 Å². The number of halogens is 1. The van der Waals surface area contributed by atoms with E-state index in [9.17, 15) is 0 Å². The Morgan fingerprint density at radius 2 is 1.72 bits per heavy atom. The van der Waals surface area contributed by atoms with Gasteiger partial charge in [0.15, 0.2) is 0 Å². The molecule has 1 nitrogen and oxygen atoms in total. The highest BCUT2D eigenvalue weighted by Crippen LogP contribution is 2.36. The second kappa shape index (κ2) is 6.72. The lowest BCUT2D eigenvalue weighted by molar-refractivity contribution is 0.217. The lowest BCUT2D eigenvalue weighted by Gasteiger charge is -2.34. The lowest BCUT2D eigenvalue weighted by atomic mass is 9.72. The molecule has 0 atom stereocenters. The van der Waals surface area contributed by atoms with Gasteiger partial charge >= 0.3 is 0 Å². The Labute approximate surface area is 119 Å². The van der Waals surface area contributed by atoms with E-state index in [0.717, 1.165) is 13.0 Å². The van der Waals surface area contributed by atoms with E-state index < -0.39 is 0 Å². The summed E-state index contributed by atoms with van der Waals surface area (Å²) in [5, 5.41) is 0. The average molecular weight is 310 g/mol. The van der Waals surface area contributed by atoms with Gasteiger partial charge in [-0.05, 0) is 48.9 Å². The fourth-order valence-corrected chi connectivity index (χ4v) is 3.63. The van der Waals surface area contributed by atoms with E-state index in [-0.39, 0.29) is 0 Å². The normalized spacial score (nSPS) is 20.1. The van der Waals surface area contributed by atoms with Gasteiger partial charge in [-0.2, -0.15) is 0 Å². The van der Waals surface area contributed by atoms with Crippen LogP contribution in [0.15, 0.2) is 28.7 Å². The van der Waals surface area contributed by atoms with Crippen LogP contribution >= 0.6 is 15.9 Å². The van der Waals surface area contributed by atoms with Crippen molar-refractivity contribution in [3.05, 3.63) is 34.3 Å². The van der Waals surface area contributed by atoms with Crippen LogP contribution in [0.4, 0.5) is 0 Å². The fraction of sp³-hybridized carbons (Fsp3) is 0.625. The molecule has 1 aromatic rings. The van der Waals surface area contributed by atoms with Crippen LogP contribution in [0, 0.1) is 5.41 Å². The molecule has 18 heavy (non-hydrogen) atoms. The third-order valence-corrected chi connectivity index (χ3v) is 4.81. The molecule has 0 bridgehead atoms.